The summed E-state index contributed by atoms with van der Waals surface area (Å²) >= 11 is 3.85. The van der Waals surface area contributed by atoms with E-state index in [1.54, 1.807) is 0 Å². The van der Waals surface area contributed by atoms with E-state index in [-0.39, 0.29) is 0 Å². The van der Waals surface area contributed by atoms with E-state index in [2.05, 4.69) is 118 Å². The maximum atomic E-state index is 2.57. The second-order valence-corrected chi connectivity index (χ2v) is 13.0. The molecule has 0 saturated carbocycles. The van der Waals surface area contributed by atoms with Crippen molar-refractivity contribution in [2.24, 2.45) is 0 Å². The lowest BCUT2D eigenvalue weighted by molar-refractivity contribution is 1.26. The molecule has 40 heavy (non-hydrogen) atoms. The molecule has 0 bridgehead atoms. The van der Waals surface area contributed by atoms with Gasteiger partial charge in [-0.1, -0.05) is 72.8 Å². The summed E-state index contributed by atoms with van der Waals surface area (Å²) in [6, 6.07) is 40.7. The van der Waals surface area contributed by atoms with Crippen molar-refractivity contribution >= 4 is 118 Å². The molecule has 0 radical (unpaired) electrons. The van der Waals surface area contributed by atoms with E-state index in [9.17, 15) is 0 Å². The number of benzene rings is 6. The molecule has 0 unspecified atom stereocenters. The Morgan fingerprint density at radius 2 is 1.00 bits per heavy atom. The van der Waals surface area contributed by atoms with Crippen LogP contribution in [0.2, 0.25) is 0 Å². The molecule has 0 spiro atoms. The Bertz CT molecular complexity index is 2870. The average molecular weight is 543 g/mol. The molecule has 11 rings (SSSR count). The fraction of sp³-hybridized carbons (Fsp3) is 0. The molecular formula is C36H18N2S2. The molecule has 5 aromatic heterocycles. The van der Waals surface area contributed by atoms with Crippen molar-refractivity contribution in [1.29, 1.82) is 0 Å². The lowest BCUT2D eigenvalue weighted by atomic mass is 10.1. The predicted octanol–water partition coefficient (Wildman–Crippen LogP) is 11.0. The molecule has 0 saturated heterocycles. The number of aromatic nitrogens is 2. The summed E-state index contributed by atoms with van der Waals surface area (Å²) in [5.41, 5.74) is 7.73. The zero-order valence-electron chi connectivity index (χ0n) is 21.1. The molecule has 11 aromatic rings. The predicted molar refractivity (Wildman–Crippen MR) is 175 cm³/mol. The van der Waals surface area contributed by atoms with Crippen molar-refractivity contribution < 1.29 is 0 Å². The van der Waals surface area contributed by atoms with E-state index in [0.717, 1.165) is 0 Å². The second-order valence-electron chi connectivity index (χ2n) is 10.9. The van der Waals surface area contributed by atoms with Crippen LogP contribution in [0.5, 0.6) is 0 Å². The molecule has 5 heterocycles. The van der Waals surface area contributed by atoms with Crippen LogP contribution in [0, 0.1) is 0 Å². The highest BCUT2D eigenvalue weighted by molar-refractivity contribution is 7.27. The lowest BCUT2D eigenvalue weighted by Crippen LogP contribution is -1.97. The normalized spacial score (nSPS) is 13.0. The number of rotatable bonds is 0. The van der Waals surface area contributed by atoms with Crippen LogP contribution in [0.15, 0.2) is 109 Å². The van der Waals surface area contributed by atoms with Crippen LogP contribution in [0.3, 0.4) is 0 Å². The van der Waals surface area contributed by atoms with Gasteiger partial charge in [0.1, 0.15) is 0 Å². The highest BCUT2D eigenvalue weighted by Gasteiger charge is 2.24. The molecule has 2 nitrogen and oxygen atoms in total. The summed E-state index contributed by atoms with van der Waals surface area (Å²) < 4.78 is 10.6. The van der Waals surface area contributed by atoms with Crippen LogP contribution in [0.1, 0.15) is 0 Å². The largest absolute Gasteiger partial charge is 0.305 e. The Hall–Kier alpha value is -4.64. The van der Waals surface area contributed by atoms with E-state index < -0.39 is 0 Å². The van der Waals surface area contributed by atoms with Crippen molar-refractivity contribution in [3.63, 3.8) is 0 Å². The van der Waals surface area contributed by atoms with Gasteiger partial charge in [0, 0.05) is 61.9 Å². The summed E-state index contributed by atoms with van der Waals surface area (Å²) in [6.45, 7) is 0. The smallest absolute Gasteiger partial charge is 0.0797 e. The first-order valence-corrected chi connectivity index (χ1v) is 15.3. The highest BCUT2D eigenvalue weighted by atomic mass is 32.1. The first-order chi connectivity index (χ1) is 19.9. The summed E-state index contributed by atoms with van der Waals surface area (Å²) in [5, 5.41) is 10.8. The zero-order valence-corrected chi connectivity index (χ0v) is 22.7. The van der Waals surface area contributed by atoms with Gasteiger partial charge in [0.2, 0.25) is 0 Å². The molecule has 6 aromatic carbocycles. The van der Waals surface area contributed by atoms with Gasteiger partial charge in [-0.2, -0.15) is 0 Å². The fourth-order valence-electron chi connectivity index (χ4n) is 7.48. The first-order valence-electron chi connectivity index (χ1n) is 13.6. The van der Waals surface area contributed by atoms with E-state index in [4.69, 9.17) is 0 Å². The third kappa shape index (κ3) is 2.15. The van der Waals surface area contributed by atoms with Gasteiger partial charge in [0.05, 0.1) is 33.1 Å². The maximum absolute atomic E-state index is 2.57. The molecule has 0 aliphatic carbocycles. The number of fused-ring (bicyclic) bond motifs is 16. The summed E-state index contributed by atoms with van der Waals surface area (Å²) in [5.74, 6) is 0. The Morgan fingerprint density at radius 1 is 0.375 bits per heavy atom. The Balaban J connectivity index is 1.53. The molecule has 0 aliphatic rings. The number of hydrogen-bond acceptors (Lipinski definition) is 2. The third-order valence-electron chi connectivity index (χ3n) is 9.01. The zero-order chi connectivity index (χ0) is 25.7. The Kier molecular flexibility index (Phi) is 3.42. The van der Waals surface area contributed by atoms with Crippen LogP contribution in [-0.4, -0.2) is 8.80 Å². The van der Waals surface area contributed by atoms with E-state index in [1.165, 1.54) is 95.0 Å². The van der Waals surface area contributed by atoms with E-state index in [1.807, 2.05) is 22.7 Å². The third-order valence-corrected chi connectivity index (χ3v) is 11.4. The average Bonchev–Trinajstić information content (AvgIpc) is 3.74. The van der Waals surface area contributed by atoms with Crippen molar-refractivity contribution in [1.82, 2.24) is 8.80 Å². The quantitative estimate of drug-likeness (QED) is 0.169. The minimum Gasteiger partial charge on any atom is -0.305 e. The molecule has 4 heteroatoms. The standard InChI is InChI=1S/C36H18N2S2/c1-4-12-25-22(10-1)32-34-28(18-24-20-9-3-6-15-30(20)40-36(24)32)38-26-17-16-21-19-8-2-5-14-29(19)39-35(21)31(26)23-11-7-13-27(33(23)38)37(25)34/h1-18H. The van der Waals surface area contributed by atoms with Gasteiger partial charge in [0.25, 0.3) is 0 Å². The van der Waals surface area contributed by atoms with E-state index >= 15 is 0 Å². The summed E-state index contributed by atoms with van der Waals surface area (Å²) in [7, 11) is 0. The van der Waals surface area contributed by atoms with Gasteiger partial charge < -0.3 is 8.80 Å². The van der Waals surface area contributed by atoms with Crippen molar-refractivity contribution in [2.45, 2.75) is 0 Å². The molecule has 0 fully saturated rings. The minimum atomic E-state index is 1.27. The SMILES string of the molecule is c1ccc2c(c1)sc1c2ccc2c1c1cccc3c1n2c1cc2c4ccccc4sc2c2c4ccccc4n3c21. The van der Waals surface area contributed by atoms with Crippen LogP contribution in [-0.2, 0) is 0 Å². The molecule has 184 valence electrons. The fourth-order valence-corrected chi connectivity index (χ4v) is 9.98. The monoisotopic (exact) mass is 542 g/mol. The van der Waals surface area contributed by atoms with E-state index in [0.29, 0.717) is 0 Å². The molecule has 0 atom stereocenters. The number of nitrogens with zero attached hydrogens (tertiary/aromatic N) is 2. The first kappa shape index (κ1) is 20.3. The van der Waals surface area contributed by atoms with Crippen molar-refractivity contribution in [3.8, 4) is 0 Å². The van der Waals surface area contributed by atoms with Crippen molar-refractivity contribution in [3.05, 3.63) is 109 Å². The molecule has 0 N–H and O–H groups in total. The minimum absolute atomic E-state index is 1.27. The van der Waals surface area contributed by atoms with Gasteiger partial charge in [0.15, 0.2) is 0 Å². The van der Waals surface area contributed by atoms with Crippen LogP contribution >= 0.6 is 22.7 Å². The molecule has 0 aliphatic heterocycles. The van der Waals surface area contributed by atoms with Gasteiger partial charge in [-0.25, -0.2) is 0 Å². The second kappa shape index (κ2) is 6.73. The topological polar surface area (TPSA) is 8.82 Å². The molecule has 0 amide bonds. The molecular weight excluding hydrogens is 525 g/mol. The number of hydrogen-bond donors (Lipinski definition) is 0. The van der Waals surface area contributed by atoms with Crippen LogP contribution in [0.25, 0.3) is 95.0 Å². The van der Waals surface area contributed by atoms with Gasteiger partial charge in [-0.05, 0) is 36.4 Å². The van der Waals surface area contributed by atoms with Crippen LogP contribution in [0.4, 0.5) is 0 Å². The maximum Gasteiger partial charge on any atom is 0.0797 e. The van der Waals surface area contributed by atoms with Gasteiger partial charge in [-0.3, -0.25) is 0 Å². The Morgan fingerprint density at radius 3 is 1.82 bits per heavy atom. The lowest BCUT2D eigenvalue weighted by Gasteiger charge is -2.12. The summed E-state index contributed by atoms with van der Waals surface area (Å²) in [6.07, 6.45) is 0. The Labute approximate surface area is 234 Å². The number of thiophene rings is 2. The summed E-state index contributed by atoms with van der Waals surface area (Å²) in [4.78, 5) is 0. The van der Waals surface area contributed by atoms with Gasteiger partial charge in [-0.15, -0.1) is 22.7 Å². The van der Waals surface area contributed by atoms with Crippen LogP contribution < -0.4 is 0 Å². The van der Waals surface area contributed by atoms with Gasteiger partial charge >= 0.3 is 0 Å². The number of para-hydroxylation sites is 2. The highest BCUT2D eigenvalue weighted by Crippen LogP contribution is 2.49. The van der Waals surface area contributed by atoms with Crippen molar-refractivity contribution in [2.75, 3.05) is 0 Å².